The Hall–Kier alpha value is -1.32. The van der Waals surface area contributed by atoms with Gasteiger partial charge in [0.1, 0.15) is 0 Å². The monoisotopic (exact) mass is 291 g/mol. The molecule has 0 saturated heterocycles. The molecule has 0 aliphatic heterocycles. The number of benzene rings is 1. The third kappa shape index (κ3) is 4.09. The van der Waals surface area contributed by atoms with Gasteiger partial charge in [-0.15, -0.1) is 0 Å². The molecule has 0 radical (unpaired) electrons. The minimum Gasteiger partial charge on any atom is -0.316 e. The topological polar surface area (TPSA) is 29.9 Å². The number of nitrogens with zero attached hydrogens (tertiary/aromatic N) is 2. The van der Waals surface area contributed by atoms with Crippen LogP contribution in [0.2, 0.25) is 5.02 Å². The molecule has 2 rings (SSSR count). The Bertz CT molecular complexity index is 548. The zero-order valence-electron chi connectivity index (χ0n) is 12.3. The lowest BCUT2D eigenvalue weighted by Gasteiger charge is -2.15. The Labute approximate surface area is 126 Å². The van der Waals surface area contributed by atoms with Gasteiger partial charge in [0.05, 0.1) is 5.69 Å². The highest BCUT2D eigenvalue weighted by molar-refractivity contribution is 6.30. The third-order valence-corrected chi connectivity index (χ3v) is 3.66. The van der Waals surface area contributed by atoms with Gasteiger partial charge in [0.15, 0.2) is 0 Å². The molecule has 1 aromatic heterocycles. The minimum atomic E-state index is 0.365. The predicted octanol–water partition coefficient (Wildman–Crippen LogP) is 3.49. The van der Waals surface area contributed by atoms with Crippen LogP contribution in [-0.2, 0) is 12.8 Å². The van der Waals surface area contributed by atoms with Crippen LogP contribution >= 0.6 is 11.6 Å². The summed E-state index contributed by atoms with van der Waals surface area (Å²) in [6.45, 7) is 4.27. The third-order valence-electron chi connectivity index (χ3n) is 3.43. The number of halogens is 1. The van der Waals surface area contributed by atoms with Crippen LogP contribution in [0.5, 0.6) is 0 Å². The summed E-state index contributed by atoms with van der Waals surface area (Å²) in [4.78, 5) is 0. The van der Waals surface area contributed by atoms with E-state index >= 15 is 0 Å². The fraction of sp³-hybridized carbons (Fsp3) is 0.438. The maximum absolute atomic E-state index is 6.03. The van der Waals surface area contributed by atoms with Crippen molar-refractivity contribution in [1.29, 1.82) is 0 Å². The molecule has 0 fully saturated rings. The summed E-state index contributed by atoms with van der Waals surface area (Å²) < 4.78 is 2.00. The van der Waals surface area contributed by atoms with Gasteiger partial charge in [-0.2, -0.15) is 5.10 Å². The van der Waals surface area contributed by atoms with Gasteiger partial charge in [0, 0.05) is 29.7 Å². The Morgan fingerprint density at radius 2 is 2.05 bits per heavy atom. The van der Waals surface area contributed by atoms with Crippen LogP contribution < -0.4 is 5.32 Å². The highest BCUT2D eigenvalue weighted by atomic mass is 35.5. The summed E-state index contributed by atoms with van der Waals surface area (Å²) >= 11 is 6.03. The number of hydrogen-bond acceptors (Lipinski definition) is 2. The van der Waals surface area contributed by atoms with Crippen molar-refractivity contribution >= 4 is 11.6 Å². The summed E-state index contributed by atoms with van der Waals surface area (Å²) in [5.41, 5.74) is 2.38. The van der Waals surface area contributed by atoms with Gasteiger partial charge in [0.2, 0.25) is 0 Å². The fourth-order valence-corrected chi connectivity index (χ4v) is 2.46. The second-order valence-electron chi connectivity index (χ2n) is 5.40. The van der Waals surface area contributed by atoms with Gasteiger partial charge in [0.25, 0.3) is 0 Å². The van der Waals surface area contributed by atoms with Crippen LogP contribution in [0, 0.1) is 0 Å². The lowest BCUT2D eigenvalue weighted by Crippen LogP contribution is -2.30. The Balaban J connectivity index is 2.01. The predicted molar refractivity (Wildman–Crippen MR) is 84.3 cm³/mol. The van der Waals surface area contributed by atoms with Gasteiger partial charge in [-0.05, 0) is 51.1 Å². The number of nitrogens with one attached hydrogen (secondary N) is 1. The van der Waals surface area contributed by atoms with Crippen molar-refractivity contribution in [1.82, 2.24) is 15.1 Å². The summed E-state index contributed by atoms with van der Waals surface area (Å²) in [6.07, 6.45) is 3.92. The number of aromatic nitrogens is 2. The average molecular weight is 292 g/mol. The average Bonchev–Trinajstić information content (AvgIpc) is 2.87. The van der Waals surface area contributed by atoms with E-state index in [4.69, 9.17) is 11.6 Å². The van der Waals surface area contributed by atoms with Crippen molar-refractivity contribution in [3.05, 3.63) is 52.8 Å². The van der Waals surface area contributed by atoms with E-state index in [1.807, 2.05) is 36.1 Å². The van der Waals surface area contributed by atoms with Gasteiger partial charge in [-0.1, -0.05) is 23.7 Å². The molecule has 1 heterocycles. The van der Waals surface area contributed by atoms with E-state index in [2.05, 4.69) is 36.4 Å². The van der Waals surface area contributed by atoms with E-state index < -0.39 is 0 Å². The number of hydrogen-bond donors (Lipinski definition) is 1. The lowest BCUT2D eigenvalue weighted by molar-refractivity contribution is 0.508. The zero-order valence-corrected chi connectivity index (χ0v) is 13.1. The number of likely N-dealkylation sites (N-methyl/N-ethyl adjacent to an activating group) is 1. The van der Waals surface area contributed by atoms with E-state index in [0.717, 1.165) is 23.6 Å². The summed E-state index contributed by atoms with van der Waals surface area (Å²) in [6, 6.07) is 10.9. The molecule has 0 aliphatic rings. The molecule has 20 heavy (non-hydrogen) atoms. The molecule has 108 valence electrons. The van der Waals surface area contributed by atoms with E-state index in [1.54, 1.807) is 0 Å². The first-order valence-corrected chi connectivity index (χ1v) is 7.42. The maximum atomic E-state index is 6.03. The molecule has 0 aliphatic carbocycles. The van der Waals surface area contributed by atoms with E-state index in [1.165, 1.54) is 5.56 Å². The Morgan fingerprint density at radius 1 is 1.25 bits per heavy atom. The van der Waals surface area contributed by atoms with Crippen molar-refractivity contribution in [3.8, 4) is 0 Å². The van der Waals surface area contributed by atoms with Gasteiger partial charge >= 0.3 is 0 Å². The normalized spacial score (nSPS) is 12.8. The van der Waals surface area contributed by atoms with E-state index in [-0.39, 0.29) is 0 Å². The standard InChI is InChI=1S/C16H22ClN3/c1-12(2)20-8-7-15(19-20)11-16(18-3)10-13-5-4-6-14(17)9-13/h4-9,12,16,18H,10-11H2,1-3H3. The molecule has 1 aromatic carbocycles. The van der Waals surface area contributed by atoms with Crippen molar-refractivity contribution in [2.75, 3.05) is 7.05 Å². The van der Waals surface area contributed by atoms with Crippen molar-refractivity contribution in [3.63, 3.8) is 0 Å². The molecule has 0 bridgehead atoms. The second kappa shape index (κ2) is 6.91. The molecule has 0 saturated carbocycles. The maximum Gasteiger partial charge on any atom is 0.0640 e. The zero-order chi connectivity index (χ0) is 14.5. The molecule has 0 spiro atoms. The van der Waals surface area contributed by atoms with Gasteiger partial charge in [-0.25, -0.2) is 0 Å². The molecule has 0 amide bonds. The molecule has 1 N–H and O–H groups in total. The van der Waals surface area contributed by atoms with Crippen LogP contribution in [0.25, 0.3) is 0 Å². The van der Waals surface area contributed by atoms with E-state index in [0.29, 0.717) is 12.1 Å². The first kappa shape index (κ1) is 15.1. The van der Waals surface area contributed by atoms with Crippen LogP contribution in [0.4, 0.5) is 0 Å². The van der Waals surface area contributed by atoms with Crippen LogP contribution in [0.15, 0.2) is 36.5 Å². The quantitative estimate of drug-likeness (QED) is 0.883. The van der Waals surface area contributed by atoms with Crippen molar-refractivity contribution < 1.29 is 0 Å². The first-order valence-electron chi connectivity index (χ1n) is 7.04. The molecule has 4 heteroatoms. The van der Waals surface area contributed by atoms with Crippen LogP contribution in [-0.4, -0.2) is 22.9 Å². The highest BCUT2D eigenvalue weighted by Crippen LogP contribution is 2.14. The minimum absolute atomic E-state index is 0.365. The molecular formula is C16H22ClN3. The largest absolute Gasteiger partial charge is 0.316 e. The fourth-order valence-electron chi connectivity index (χ4n) is 2.25. The lowest BCUT2D eigenvalue weighted by atomic mass is 10.0. The van der Waals surface area contributed by atoms with Crippen LogP contribution in [0.1, 0.15) is 31.1 Å². The van der Waals surface area contributed by atoms with Crippen molar-refractivity contribution in [2.24, 2.45) is 0 Å². The first-order chi connectivity index (χ1) is 9.58. The van der Waals surface area contributed by atoms with Crippen LogP contribution in [0.3, 0.4) is 0 Å². The Morgan fingerprint density at radius 3 is 2.65 bits per heavy atom. The summed E-state index contributed by atoms with van der Waals surface area (Å²) in [5, 5.41) is 8.76. The molecule has 2 aromatic rings. The van der Waals surface area contributed by atoms with Gasteiger partial charge in [-0.3, -0.25) is 4.68 Å². The SMILES string of the molecule is CNC(Cc1cccc(Cl)c1)Cc1ccn(C(C)C)n1. The smallest absolute Gasteiger partial charge is 0.0640 e. The molecule has 1 atom stereocenters. The second-order valence-corrected chi connectivity index (χ2v) is 5.84. The van der Waals surface area contributed by atoms with Gasteiger partial charge < -0.3 is 5.32 Å². The highest BCUT2D eigenvalue weighted by Gasteiger charge is 2.11. The number of rotatable bonds is 6. The molecular weight excluding hydrogens is 270 g/mol. The molecule has 3 nitrogen and oxygen atoms in total. The summed E-state index contributed by atoms with van der Waals surface area (Å²) in [5.74, 6) is 0. The van der Waals surface area contributed by atoms with Crippen molar-refractivity contribution in [2.45, 2.75) is 38.8 Å². The molecule has 1 unspecified atom stereocenters. The van der Waals surface area contributed by atoms with E-state index in [9.17, 15) is 0 Å². The summed E-state index contributed by atoms with van der Waals surface area (Å²) in [7, 11) is 1.99. The Kier molecular flexibility index (Phi) is 5.21.